The Morgan fingerprint density at radius 1 is 1.46 bits per heavy atom. The molecule has 1 aromatic heterocycles. The highest BCUT2D eigenvalue weighted by Crippen LogP contribution is 2.48. The van der Waals surface area contributed by atoms with Gasteiger partial charge in [-0.1, -0.05) is 13.8 Å². The van der Waals surface area contributed by atoms with Crippen LogP contribution in [0.5, 0.6) is 0 Å². The summed E-state index contributed by atoms with van der Waals surface area (Å²) in [4.78, 5) is 14.2. The second kappa shape index (κ2) is 6.10. The average molecular weight is 333 g/mol. The average Bonchev–Trinajstić information content (AvgIpc) is 3.03. The lowest BCUT2D eigenvalue weighted by Gasteiger charge is -2.48. The fraction of sp³-hybridized carbons (Fsp3) is 0.737. The van der Waals surface area contributed by atoms with Crippen LogP contribution in [-0.2, 0) is 11.3 Å². The van der Waals surface area contributed by atoms with Crippen LogP contribution in [0.15, 0.2) is 18.5 Å². The molecule has 0 bridgehead atoms. The molecule has 24 heavy (non-hydrogen) atoms. The maximum atomic E-state index is 12.3. The Balaban J connectivity index is 1.65. The quantitative estimate of drug-likeness (QED) is 0.922. The predicted molar refractivity (Wildman–Crippen MR) is 94.9 cm³/mol. The molecule has 0 radical (unpaired) electrons. The molecule has 3 heterocycles. The standard InChI is InChI=1S/C19H31N3O2/c1-14(2)10-21-8-6-15(11-21)16-19(12-20-16)7-9-22(13-19)17(23)24-18(3,4)5/h6,8,11,14,16,20H,7,9-10,12-13H2,1-5H3. The highest BCUT2D eigenvalue weighted by molar-refractivity contribution is 5.68. The molecule has 1 spiro atoms. The first-order valence-electron chi connectivity index (χ1n) is 9.05. The Bertz CT molecular complexity index is 602. The Labute approximate surface area is 145 Å². The number of nitrogens with zero attached hydrogens (tertiary/aromatic N) is 2. The van der Waals surface area contributed by atoms with E-state index in [2.05, 4.69) is 42.2 Å². The minimum atomic E-state index is -0.432. The van der Waals surface area contributed by atoms with Crippen LogP contribution in [0.2, 0.25) is 0 Å². The van der Waals surface area contributed by atoms with Crippen LogP contribution >= 0.6 is 0 Å². The van der Waals surface area contributed by atoms with Crippen molar-refractivity contribution in [1.29, 1.82) is 0 Å². The van der Waals surface area contributed by atoms with E-state index in [1.807, 2.05) is 25.7 Å². The van der Waals surface area contributed by atoms with Gasteiger partial charge in [0.15, 0.2) is 0 Å². The minimum Gasteiger partial charge on any atom is -0.444 e. The van der Waals surface area contributed by atoms with Gasteiger partial charge >= 0.3 is 6.09 Å². The van der Waals surface area contributed by atoms with Crippen molar-refractivity contribution in [2.75, 3.05) is 19.6 Å². The van der Waals surface area contributed by atoms with Crippen molar-refractivity contribution in [1.82, 2.24) is 14.8 Å². The number of likely N-dealkylation sites (tertiary alicyclic amines) is 1. The number of hydrogen-bond donors (Lipinski definition) is 1. The summed E-state index contributed by atoms with van der Waals surface area (Å²) in [5.41, 5.74) is 1.08. The highest BCUT2D eigenvalue weighted by Gasteiger charge is 2.52. The zero-order valence-corrected chi connectivity index (χ0v) is 15.6. The van der Waals surface area contributed by atoms with Crippen LogP contribution < -0.4 is 5.32 Å². The topological polar surface area (TPSA) is 46.5 Å². The van der Waals surface area contributed by atoms with E-state index in [0.717, 1.165) is 32.6 Å². The first-order chi connectivity index (χ1) is 11.2. The molecule has 0 saturated carbocycles. The molecule has 2 aliphatic rings. The van der Waals surface area contributed by atoms with Gasteiger partial charge in [0.05, 0.1) is 0 Å². The zero-order valence-electron chi connectivity index (χ0n) is 15.6. The van der Waals surface area contributed by atoms with Gasteiger partial charge in [-0.2, -0.15) is 0 Å². The van der Waals surface area contributed by atoms with Gasteiger partial charge in [0.2, 0.25) is 0 Å². The molecule has 1 aromatic rings. The molecule has 0 aliphatic carbocycles. The van der Waals surface area contributed by atoms with Crippen LogP contribution in [0.4, 0.5) is 4.79 Å². The van der Waals surface area contributed by atoms with Gasteiger partial charge < -0.3 is 19.5 Å². The molecule has 3 rings (SSSR count). The van der Waals surface area contributed by atoms with Gasteiger partial charge in [-0.05, 0) is 44.7 Å². The van der Waals surface area contributed by atoms with Crippen LogP contribution in [0, 0.1) is 11.3 Å². The van der Waals surface area contributed by atoms with Crippen molar-refractivity contribution in [3.8, 4) is 0 Å². The molecule has 2 saturated heterocycles. The van der Waals surface area contributed by atoms with Crippen molar-refractivity contribution >= 4 is 6.09 Å². The van der Waals surface area contributed by atoms with Crippen molar-refractivity contribution in [3.63, 3.8) is 0 Å². The number of aromatic nitrogens is 1. The molecule has 5 heteroatoms. The largest absolute Gasteiger partial charge is 0.444 e. The van der Waals surface area contributed by atoms with Gasteiger partial charge in [0.25, 0.3) is 0 Å². The molecule has 1 N–H and O–H groups in total. The normalized spacial score (nSPS) is 26.9. The Morgan fingerprint density at radius 3 is 2.79 bits per heavy atom. The first-order valence-corrected chi connectivity index (χ1v) is 9.05. The summed E-state index contributed by atoms with van der Waals surface area (Å²) in [6.45, 7) is 13.8. The summed E-state index contributed by atoms with van der Waals surface area (Å²) in [6, 6.07) is 2.57. The Kier molecular flexibility index (Phi) is 4.41. The van der Waals surface area contributed by atoms with Crippen LogP contribution in [-0.4, -0.2) is 40.8 Å². The Morgan fingerprint density at radius 2 is 2.21 bits per heavy atom. The van der Waals surface area contributed by atoms with Gasteiger partial charge in [0.1, 0.15) is 5.60 Å². The number of carbonyl (C=O) groups excluding carboxylic acids is 1. The maximum absolute atomic E-state index is 12.3. The van der Waals surface area contributed by atoms with Crippen LogP contribution in [0.25, 0.3) is 0 Å². The highest BCUT2D eigenvalue weighted by atomic mass is 16.6. The predicted octanol–water partition coefficient (Wildman–Crippen LogP) is 3.42. The molecule has 2 aliphatic heterocycles. The number of rotatable bonds is 3. The summed E-state index contributed by atoms with van der Waals surface area (Å²) >= 11 is 0. The smallest absolute Gasteiger partial charge is 0.410 e. The summed E-state index contributed by atoms with van der Waals surface area (Å²) < 4.78 is 7.81. The van der Waals surface area contributed by atoms with Crippen molar-refractivity contribution in [2.24, 2.45) is 11.3 Å². The van der Waals surface area contributed by atoms with Gasteiger partial charge in [-0.3, -0.25) is 0 Å². The molecule has 0 aromatic carbocycles. The lowest BCUT2D eigenvalue weighted by atomic mass is 9.70. The summed E-state index contributed by atoms with van der Waals surface area (Å²) in [6.07, 6.45) is 5.29. The van der Waals surface area contributed by atoms with Crippen LogP contribution in [0.3, 0.4) is 0 Å². The summed E-state index contributed by atoms with van der Waals surface area (Å²) in [5.74, 6) is 0.641. The molecule has 2 unspecified atom stereocenters. The third-order valence-electron chi connectivity index (χ3n) is 4.99. The maximum Gasteiger partial charge on any atom is 0.410 e. The van der Waals surface area contributed by atoms with Gasteiger partial charge in [0, 0.05) is 50.0 Å². The number of amides is 1. The van der Waals surface area contributed by atoms with Crippen molar-refractivity contribution in [3.05, 3.63) is 24.0 Å². The van der Waals surface area contributed by atoms with E-state index in [9.17, 15) is 4.79 Å². The van der Waals surface area contributed by atoms with Gasteiger partial charge in [-0.25, -0.2) is 4.79 Å². The SMILES string of the molecule is CC(C)Cn1ccc(C2NCC23CCN(C(=O)OC(C)(C)C)C3)c1. The van der Waals surface area contributed by atoms with E-state index in [4.69, 9.17) is 4.74 Å². The van der Waals surface area contributed by atoms with E-state index >= 15 is 0 Å². The van der Waals surface area contributed by atoms with E-state index in [1.165, 1.54) is 5.56 Å². The molecule has 1 amide bonds. The lowest BCUT2D eigenvalue weighted by molar-refractivity contribution is 0.0216. The Hall–Kier alpha value is -1.49. The van der Waals surface area contributed by atoms with Crippen molar-refractivity contribution < 1.29 is 9.53 Å². The summed E-state index contributed by atoms with van der Waals surface area (Å²) in [7, 11) is 0. The molecule has 134 valence electrons. The second-order valence-corrected chi connectivity index (χ2v) is 8.86. The fourth-order valence-corrected chi connectivity index (χ4v) is 3.89. The molecular weight excluding hydrogens is 302 g/mol. The molecule has 2 atom stereocenters. The van der Waals surface area contributed by atoms with Crippen molar-refractivity contribution in [2.45, 2.75) is 59.2 Å². The number of ether oxygens (including phenoxy) is 1. The third kappa shape index (κ3) is 3.46. The van der Waals surface area contributed by atoms with Crippen LogP contribution in [0.1, 0.15) is 52.6 Å². The lowest BCUT2D eigenvalue weighted by Crippen LogP contribution is -2.57. The van der Waals surface area contributed by atoms with Gasteiger partial charge in [-0.15, -0.1) is 0 Å². The number of carbonyl (C=O) groups is 1. The van der Waals surface area contributed by atoms with E-state index in [1.54, 1.807) is 0 Å². The van der Waals surface area contributed by atoms with E-state index in [0.29, 0.717) is 12.0 Å². The monoisotopic (exact) mass is 333 g/mol. The molecular formula is C19H31N3O2. The minimum absolute atomic E-state index is 0.168. The third-order valence-corrected chi connectivity index (χ3v) is 4.99. The summed E-state index contributed by atoms with van der Waals surface area (Å²) in [5, 5.41) is 3.58. The molecule has 2 fully saturated rings. The zero-order chi connectivity index (χ0) is 17.5. The fourth-order valence-electron chi connectivity index (χ4n) is 3.89. The number of hydrogen-bond acceptors (Lipinski definition) is 3. The number of nitrogens with one attached hydrogen (secondary N) is 1. The second-order valence-electron chi connectivity index (χ2n) is 8.86. The molecule has 5 nitrogen and oxygen atoms in total. The van der Waals surface area contributed by atoms with E-state index in [-0.39, 0.29) is 11.5 Å². The first kappa shape index (κ1) is 17.3. The van der Waals surface area contributed by atoms with E-state index < -0.39 is 5.60 Å².